The van der Waals surface area contributed by atoms with Gasteiger partial charge in [-0.15, -0.1) is 0 Å². The predicted molar refractivity (Wildman–Crippen MR) is 113 cm³/mol. The molecule has 8 heteroatoms. The number of rotatable bonds is 4. The highest BCUT2D eigenvalue weighted by Crippen LogP contribution is 2.34. The molecule has 0 bridgehead atoms. The van der Waals surface area contributed by atoms with Crippen molar-refractivity contribution in [2.75, 3.05) is 18.6 Å². The lowest BCUT2D eigenvalue weighted by atomic mass is 9.93. The Morgan fingerprint density at radius 1 is 1.36 bits per heavy atom. The first-order valence-corrected chi connectivity index (χ1v) is 10.6. The SMILES string of the molecule is Cc1nc(N(C)C(=O)C2COc3ccc(-c4ccccn4)cc3C2)sc1SN. The Kier molecular flexibility index (Phi) is 5.34. The predicted octanol–water partition coefficient (Wildman–Crippen LogP) is 3.69. The molecule has 1 atom stereocenters. The van der Waals surface area contributed by atoms with Crippen LogP contribution in [0, 0.1) is 12.8 Å². The smallest absolute Gasteiger partial charge is 0.235 e. The number of thiazole rings is 1. The maximum Gasteiger partial charge on any atom is 0.235 e. The zero-order chi connectivity index (χ0) is 19.7. The van der Waals surface area contributed by atoms with Crippen LogP contribution in [0.5, 0.6) is 5.75 Å². The Balaban J connectivity index is 1.54. The van der Waals surface area contributed by atoms with Crippen LogP contribution in [-0.2, 0) is 11.2 Å². The zero-order valence-electron chi connectivity index (χ0n) is 15.6. The molecule has 0 aliphatic carbocycles. The minimum atomic E-state index is -0.255. The molecule has 1 aromatic carbocycles. The van der Waals surface area contributed by atoms with Gasteiger partial charge in [-0.3, -0.25) is 19.8 Å². The van der Waals surface area contributed by atoms with E-state index in [0.717, 1.165) is 44.4 Å². The van der Waals surface area contributed by atoms with E-state index in [4.69, 9.17) is 9.88 Å². The number of benzene rings is 1. The monoisotopic (exact) mass is 412 g/mol. The fourth-order valence-electron chi connectivity index (χ4n) is 3.24. The van der Waals surface area contributed by atoms with Crippen LogP contribution in [0.1, 0.15) is 11.3 Å². The molecule has 6 nitrogen and oxygen atoms in total. The van der Waals surface area contributed by atoms with E-state index in [1.807, 2.05) is 37.3 Å². The molecule has 4 rings (SSSR count). The summed E-state index contributed by atoms with van der Waals surface area (Å²) in [6.07, 6.45) is 2.40. The summed E-state index contributed by atoms with van der Waals surface area (Å²) in [5.41, 5.74) is 3.79. The van der Waals surface area contributed by atoms with E-state index in [1.54, 1.807) is 18.1 Å². The van der Waals surface area contributed by atoms with Crippen molar-refractivity contribution in [1.82, 2.24) is 9.97 Å². The molecule has 1 aliphatic heterocycles. The summed E-state index contributed by atoms with van der Waals surface area (Å²) in [6, 6.07) is 11.8. The van der Waals surface area contributed by atoms with E-state index in [1.165, 1.54) is 11.3 Å². The van der Waals surface area contributed by atoms with Crippen LogP contribution in [-0.4, -0.2) is 29.5 Å². The number of aryl methyl sites for hydroxylation is 1. The molecule has 144 valence electrons. The molecule has 0 spiro atoms. The number of anilines is 1. The average molecular weight is 413 g/mol. The molecule has 0 saturated carbocycles. The van der Waals surface area contributed by atoms with E-state index >= 15 is 0 Å². The normalized spacial score (nSPS) is 15.6. The number of nitrogens with two attached hydrogens (primary N) is 1. The van der Waals surface area contributed by atoms with Gasteiger partial charge in [0.25, 0.3) is 0 Å². The first-order chi connectivity index (χ1) is 13.6. The van der Waals surface area contributed by atoms with E-state index in [9.17, 15) is 4.79 Å². The Morgan fingerprint density at radius 2 is 2.21 bits per heavy atom. The number of hydrogen-bond donors (Lipinski definition) is 1. The lowest BCUT2D eigenvalue weighted by Gasteiger charge is -2.27. The fourth-order valence-corrected chi connectivity index (χ4v) is 4.64. The molecule has 0 fully saturated rings. The van der Waals surface area contributed by atoms with Gasteiger partial charge >= 0.3 is 0 Å². The van der Waals surface area contributed by atoms with Crippen LogP contribution in [0.2, 0.25) is 0 Å². The molecule has 1 unspecified atom stereocenters. The molecular weight excluding hydrogens is 392 g/mol. The highest BCUT2D eigenvalue weighted by atomic mass is 32.2. The Labute approximate surface area is 171 Å². The minimum Gasteiger partial charge on any atom is -0.492 e. The lowest BCUT2D eigenvalue weighted by molar-refractivity contribution is -0.123. The Hall–Kier alpha value is -2.42. The maximum absolute atomic E-state index is 13.0. The van der Waals surface area contributed by atoms with Gasteiger partial charge in [-0.1, -0.05) is 17.4 Å². The third-order valence-electron chi connectivity index (χ3n) is 4.74. The summed E-state index contributed by atoms with van der Waals surface area (Å²) in [4.78, 5) is 23.5. The maximum atomic E-state index is 13.0. The third kappa shape index (κ3) is 3.63. The zero-order valence-corrected chi connectivity index (χ0v) is 17.2. The standard InChI is InChI=1S/C20H20N4O2S2/c1-12-19(28-21)27-20(23-12)24(2)18(25)15-10-14-9-13(6-7-17(14)26-11-15)16-5-3-4-8-22-16/h3-9,15H,10-11,21H2,1-2H3. The fraction of sp³-hybridized carbons (Fsp3) is 0.250. The van der Waals surface area contributed by atoms with E-state index in [0.29, 0.717) is 18.2 Å². The second-order valence-electron chi connectivity index (χ2n) is 6.63. The molecular formula is C20H20N4O2S2. The van der Waals surface area contributed by atoms with Gasteiger partial charge in [0.05, 0.1) is 21.5 Å². The van der Waals surface area contributed by atoms with Gasteiger partial charge in [-0.25, -0.2) is 4.98 Å². The summed E-state index contributed by atoms with van der Waals surface area (Å²) in [5.74, 6) is 0.573. The van der Waals surface area contributed by atoms with Crippen molar-refractivity contribution in [3.63, 3.8) is 0 Å². The van der Waals surface area contributed by atoms with Crippen molar-refractivity contribution >= 4 is 34.3 Å². The largest absolute Gasteiger partial charge is 0.492 e. The Bertz CT molecular complexity index is 1010. The number of carbonyl (C=O) groups is 1. The summed E-state index contributed by atoms with van der Waals surface area (Å²) in [6.45, 7) is 2.26. The number of ether oxygens (including phenoxy) is 1. The molecule has 2 N–H and O–H groups in total. The average Bonchev–Trinajstić information content (AvgIpc) is 3.13. The molecule has 1 aliphatic rings. The van der Waals surface area contributed by atoms with Gasteiger partial charge in [0.1, 0.15) is 12.4 Å². The second-order valence-corrected chi connectivity index (χ2v) is 8.51. The molecule has 28 heavy (non-hydrogen) atoms. The third-order valence-corrected chi connectivity index (χ3v) is 6.82. The van der Waals surface area contributed by atoms with Crippen LogP contribution in [0.3, 0.4) is 0 Å². The summed E-state index contributed by atoms with van der Waals surface area (Å²) < 4.78 is 6.79. The van der Waals surface area contributed by atoms with Crippen molar-refractivity contribution in [2.45, 2.75) is 17.6 Å². The minimum absolute atomic E-state index is 0.00351. The number of amides is 1. The van der Waals surface area contributed by atoms with Crippen LogP contribution in [0.4, 0.5) is 5.13 Å². The van der Waals surface area contributed by atoms with Crippen molar-refractivity contribution in [1.29, 1.82) is 0 Å². The second kappa shape index (κ2) is 7.90. The molecule has 3 heterocycles. The molecule has 2 aromatic heterocycles. The number of pyridine rings is 1. The number of aromatic nitrogens is 2. The molecule has 0 saturated heterocycles. The lowest BCUT2D eigenvalue weighted by Crippen LogP contribution is -2.38. The topological polar surface area (TPSA) is 81.3 Å². The van der Waals surface area contributed by atoms with Crippen LogP contribution >= 0.6 is 23.3 Å². The van der Waals surface area contributed by atoms with Crippen LogP contribution < -0.4 is 14.8 Å². The summed E-state index contributed by atoms with van der Waals surface area (Å²) in [7, 11) is 1.76. The van der Waals surface area contributed by atoms with Gasteiger partial charge < -0.3 is 4.74 Å². The summed E-state index contributed by atoms with van der Waals surface area (Å²) in [5, 5.41) is 6.31. The molecule has 3 aromatic rings. The summed E-state index contributed by atoms with van der Waals surface area (Å²) >= 11 is 2.59. The number of hydrogen-bond acceptors (Lipinski definition) is 7. The van der Waals surface area contributed by atoms with Crippen molar-refractivity contribution in [2.24, 2.45) is 11.1 Å². The highest BCUT2D eigenvalue weighted by molar-refractivity contribution is 7.99. The van der Waals surface area contributed by atoms with Crippen molar-refractivity contribution < 1.29 is 9.53 Å². The number of nitrogens with zero attached hydrogens (tertiary/aromatic N) is 3. The number of carbonyl (C=O) groups excluding carboxylic acids is 1. The molecule has 0 radical (unpaired) electrons. The van der Waals surface area contributed by atoms with Crippen LogP contribution in [0.15, 0.2) is 46.8 Å². The van der Waals surface area contributed by atoms with Crippen molar-refractivity contribution in [3.8, 4) is 17.0 Å². The first kappa shape index (κ1) is 18.9. The highest BCUT2D eigenvalue weighted by Gasteiger charge is 2.30. The van der Waals surface area contributed by atoms with Gasteiger partial charge in [0.2, 0.25) is 5.91 Å². The molecule has 1 amide bonds. The van der Waals surface area contributed by atoms with E-state index in [2.05, 4.69) is 16.0 Å². The van der Waals surface area contributed by atoms with Gasteiger partial charge in [-0.05, 0) is 61.2 Å². The van der Waals surface area contributed by atoms with Crippen molar-refractivity contribution in [3.05, 3.63) is 53.9 Å². The Morgan fingerprint density at radius 3 is 2.93 bits per heavy atom. The van der Waals surface area contributed by atoms with E-state index < -0.39 is 0 Å². The van der Waals surface area contributed by atoms with Gasteiger partial charge in [0.15, 0.2) is 5.13 Å². The van der Waals surface area contributed by atoms with Crippen LogP contribution in [0.25, 0.3) is 11.3 Å². The van der Waals surface area contributed by atoms with Gasteiger partial charge in [0, 0.05) is 18.8 Å². The number of fused-ring (bicyclic) bond motifs is 1. The first-order valence-electron chi connectivity index (χ1n) is 8.85. The quantitative estimate of drug-likeness (QED) is 0.658. The van der Waals surface area contributed by atoms with Gasteiger partial charge in [-0.2, -0.15) is 0 Å². The van der Waals surface area contributed by atoms with E-state index in [-0.39, 0.29) is 11.8 Å².